The lowest BCUT2D eigenvalue weighted by Gasteiger charge is -2.34. The number of rotatable bonds is 17. The Bertz CT molecular complexity index is 1220. The van der Waals surface area contributed by atoms with Crippen molar-refractivity contribution in [2.24, 2.45) is 0 Å². The molecule has 208 valence electrons. The van der Waals surface area contributed by atoms with Crippen LogP contribution in [0.4, 0.5) is 0 Å². The van der Waals surface area contributed by atoms with E-state index in [0.717, 1.165) is 28.5 Å². The molecule has 4 atom stereocenters. The zero-order valence-electron chi connectivity index (χ0n) is 22.4. The number of carbonyl (C=O) groups is 1. The predicted molar refractivity (Wildman–Crippen MR) is 160 cm³/mol. The average molecular weight is 604 g/mol. The summed E-state index contributed by atoms with van der Waals surface area (Å²) in [5.41, 5.74) is 4.07. The molecule has 0 N–H and O–H groups in total. The van der Waals surface area contributed by atoms with E-state index >= 15 is 0 Å². The van der Waals surface area contributed by atoms with Gasteiger partial charge in [-0.25, -0.2) is 0 Å². The molecular formula is C34H35BrO5. The highest BCUT2D eigenvalue weighted by atomic mass is 79.9. The van der Waals surface area contributed by atoms with Crippen molar-refractivity contribution in [1.29, 1.82) is 0 Å². The van der Waals surface area contributed by atoms with Crippen LogP contribution in [0.2, 0.25) is 0 Å². The van der Waals surface area contributed by atoms with Crippen molar-refractivity contribution in [3.8, 4) is 0 Å². The quantitative estimate of drug-likeness (QED) is 0.0969. The van der Waals surface area contributed by atoms with Crippen molar-refractivity contribution in [3.05, 3.63) is 144 Å². The molecule has 0 radical (unpaired) electrons. The first-order valence-corrected chi connectivity index (χ1v) is 14.3. The van der Waals surface area contributed by atoms with Crippen molar-refractivity contribution in [2.45, 2.75) is 49.6 Å². The minimum absolute atomic E-state index is 0.275. The first-order chi connectivity index (χ1) is 19.7. The van der Waals surface area contributed by atoms with Gasteiger partial charge >= 0.3 is 0 Å². The van der Waals surface area contributed by atoms with Crippen molar-refractivity contribution >= 4 is 22.2 Å². The summed E-state index contributed by atoms with van der Waals surface area (Å²) in [5, 5.41) is 0. The predicted octanol–water partition coefficient (Wildman–Crippen LogP) is 6.92. The Morgan fingerprint density at radius 2 is 0.900 bits per heavy atom. The molecule has 0 saturated carbocycles. The monoisotopic (exact) mass is 602 g/mol. The van der Waals surface area contributed by atoms with Crippen LogP contribution in [-0.2, 0) is 50.2 Å². The Morgan fingerprint density at radius 3 is 1.32 bits per heavy atom. The molecule has 6 heteroatoms. The Labute approximate surface area is 245 Å². The lowest BCUT2D eigenvalue weighted by molar-refractivity contribution is -0.160. The summed E-state index contributed by atoms with van der Waals surface area (Å²) in [6.45, 7) is 1.75. The molecule has 0 heterocycles. The van der Waals surface area contributed by atoms with E-state index in [1.54, 1.807) is 0 Å². The molecule has 5 nitrogen and oxygen atoms in total. The molecule has 0 saturated heterocycles. The van der Waals surface area contributed by atoms with Gasteiger partial charge < -0.3 is 23.7 Å². The number of aldehydes is 1. The van der Waals surface area contributed by atoms with Crippen LogP contribution >= 0.6 is 15.9 Å². The van der Waals surface area contributed by atoms with E-state index in [9.17, 15) is 4.79 Å². The van der Waals surface area contributed by atoms with Crippen LogP contribution in [-0.4, -0.2) is 36.0 Å². The first kappa shape index (κ1) is 29.8. The fourth-order valence-corrected chi connectivity index (χ4v) is 4.89. The van der Waals surface area contributed by atoms with Crippen LogP contribution < -0.4 is 0 Å². The SMILES string of the molecule is O=CC(OCc1ccccc1)C(OCc1ccccc1)C(OCc1ccccc1)C(Br)COCc1ccccc1. The molecule has 0 aromatic heterocycles. The molecule has 4 aromatic carbocycles. The Kier molecular flexibility index (Phi) is 12.6. The summed E-state index contributed by atoms with van der Waals surface area (Å²) < 4.78 is 25.1. The van der Waals surface area contributed by atoms with Gasteiger partial charge in [0.15, 0.2) is 6.29 Å². The Balaban J connectivity index is 1.53. The van der Waals surface area contributed by atoms with Gasteiger partial charge in [-0.1, -0.05) is 137 Å². The topological polar surface area (TPSA) is 54.0 Å². The van der Waals surface area contributed by atoms with Gasteiger partial charge in [0.25, 0.3) is 0 Å². The maximum atomic E-state index is 12.5. The van der Waals surface area contributed by atoms with E-state index in [4.69, 9.17) is 18.9 Å². The maximum Gasteiger partial charge on any atom is 0.151 e. The van der Waals surface area contributed by atoms with Crippen LogP contribution in [0.1, 0.15) is 22.3 Å². The fourth-order valence-electron chi connectivity index (χ4n) is 4.25. The van der Waals surface area contributed by atoms with Crippen LogP contribution in [0.5, 0.6) is 0 Å². The summed E-state index contributed by atoms with van der Waals surface area (Å²) in [6.07, 6.45) is -1.30. The summed E-state index contributed by atoms with van der Waals surface area (Å²) in [4.78, 5) is 12.2. The van der Waals surface area contributed by atoms with Gasteiger partial charge in [0.05, 0.1) is 37.9 Å². The second-order valence-electron chi connectivity index (χ2n) is 9.44. The zero-order valence-corrected chi connectivity index (χ0v) is 24.0. The summed E-state index contributed by atoms with van der Waals surface area (Å²) in [5.74, 6) is 0. The number of alkyl halides is 1. The molecule has 0 aliphatic rings. The molecule has 4 unspecified atom stereocenters. The van der Waals surface area contributed by atoms with Gasteiger partial charge in [-0.3, -0.25) is 0 Å². The maximum absolute atomic E-state index is 12.5. The van der Waals surface area contributed by atoms with Gasteiger partial charge in [-0.15, -0.1) is 0 Å². The van der Waals surface area contributed by atoms with E-state index in [1.807, 2.05) is 121 Å². The van der Waals surface area contributed by atoms with Crippen LogP contribution in [0.15, 0.2) is 121 Å². The lowest BCUT2D eigenvalue weighted by Crippen LogP contribution is -2.48. The van der Waals surface area contributed by atoms with E-state index in [1.165, 1.54) is 0 Å². The molecular weight excluding hydrogens is 568 g/mol. The second-order valence-corrected chi connectivity index (χ2v) is 10.6. The third-order valence-electron chi connectivity index (χ3n) is 6.38. The summed E-state index contributed by atoms with van der Waals surface area (Å²) in [7, 11) is 0. The smallest absolute Gasteiger partial charge is 0.151 e. The van der Waals surface area contributed by atoms with E-state index < -0.39 is 18.3 Å². The van der Waals surface area contributed by atoms with Gasteiger partial charge in [-0.2, -0.15) is 0 Å². The number of ether oxygens (including phenoxy) is 4. The standard InChI is InChI=1S/C34H35BrO5/c35-31(26-37-22-27-13-5-1-6-14-27)33(39-24-29-17-9-3-10-18-29)34(40-25-30-19-11-4-12-20-30)32(21-36)38-23-28-15-7-2-8-16-28/h1-21,31-34H,22-26H2. The number of hydrogen-bond acceptors (Lipinski definition) is 5. The van der Waals surface area contributed by atoms with Crippen molar-refractivity contribution in [3.63, 3.8) is 0 Å². The van der Waals surface area contributed by atoms with Crippen molar-refractivity contribution in [2.75, 3.05) is 6.61 Å². The zero-order chi connectivity index (χ0) is 27.8. The second kappa shape index (κ2) is 16.9. The molecule has 0 aliphatic carbocycles. The minimum atomic E-state index is -0.862. The van der Waals surface area contributed by atoms with Crippen molar-refractivity contribution < 1.29 is 23.7 Å². The van der Waals surface area contributed by atoms with E-state index in [2.05, 4.69) is 15.9 Å². The average Bonchev–Trinajstić information content (AvgIpc) is 3.01. The molecule has 0 spiro atoms. The van der Waals surface area contributed by atoms with Gasteiger partial charge in [0.2, 0.25) is 0 Å². The Morgan fingerprint density at radius 1 is 0.525 bits per heavy atom. The molecule has 40 heavy (non-hydrogen) atoms. The van der Waals surface area contributed by atoms with Gasteiger partial charge in [0, 0.05) is 0 Å². The molecule has 0 fully saturated rings. The highest BCUT2D eigenvalue weighted by Crippen LogP contribution is 2.24. The number of halogens is 1. The van der Waals surface area contributed by atoms with E-state index in [-0.39, 0.29) is 11.4 Å². The van der Waals surface area contributed by atoms with Gasteiger partial charge in [0.1, 0.15) is 18.3 Å². The highest BCUT2D eigenvalue weighted by Gasteiger charge is 2.37. The normalized spacial score (nSPS) is 14.2. The third-order valence-corrected chi connectivity index (χ3v) is 7.17. The van der Waals surface area contributed by atoms with Crippen LogP contribution in [0.3, 0.4) is 0 Å². The molecule has 0 amide bonds. The minimum Gasteiger partial charge on any atom is -0.376 e. The highest BCUT2D eigenvalue weighted by molar-refractivity contribution is 9.09. The third kappa shape index (κ3) is 9.81. The number of hydrogen-bond donors (Lipinski definition) is 0. The van der Waals surface area contributed by atoms with Gasteiger partial charge in [-0.05, 0) is 22.3 Å². The Hall–Kier alpha value is -3.13. The summed E-state index contributed by atoms with van der Waals surface area (Å²) >= 11 is 3.81. The number of benzene rings is 4. The fraction of sp³-hybridized carbons (Fsp3) is 0.265. The van der Waals surface area contributed by atoms with E-state index in [0.29, 0.717) is 26.4 Å². The number of carbonyl (C=O) groups excluding carboxylic acids is 1. The van der Waals surface area contributed by atoms with Crippen LogP contribution in [0.25, 0.3) is 0 Å². The van der Waals surface area contributed by atoms with Crippen LogP contribution in [0, 0.1) is 0 Å². The summed E-state index contributed by atoms with van der Waals surface area (Å²) in [6, 6.07) is 39.6. The molecule has 4 aromatic rings. The molecule has 4 rings (SSSR count). The first-order valence-electron chi connectivity index (χ1n) is 13.4. The largest absolute Gasteiger partial charge is 0.376 e. The molecule has 0 bridgehead atoms. The van der Waals surface area contributed by atoms with Crippen molar-refractivity contribution in [1.82, 2.24) is 0 Å². The lowest BCUT2D eigenvalue weighted by atomic mass is 10.0. The molecule has 0 aliphatic heterocycles.